The van der Waals surface area contributed by atoms with Gasteiger partial charge in [0.1, 0.15) is 36.6 Å². The van der Waals surface area contributed by atoms with E-state index >= 15 is 0 Å². The number of alkyl halides is 3. The maximum absolute atomic E-state index is 13.6. The number of nitrogens with one attached hydrogen (secondary N) is 1. The van der Waals surface area contributed by atoms with Crippen molar-refractivity contribution in [2.75, 3.05) is 13.7 Å². The minimum Gasteiger partial charge on any atom is -0.464 e. The monoisotopic (exact) mass is 717 g/mol. The van der Waals surface area contributed by atoms with E-state index in [4.69, 9.17) is 37.6 Å². The van der Waals surface area contributed by atoms with Crippen LogP contribution in [-0.2, 0) is 57.2 Å². The lowest BCUT2D eigenvalue weighted by Crippen LogP contribution is -2.70. The summed E-state index contributed by atoms with van der Waals surface area (Å²) in [4.78, 5) is 86.9. The van der Waals surface area contributed by atoms with Gasteiger partial charge in [-0.1, -0.05) is 0 Å². The Labute approximate surface area is 281 Å². The Morgan fingerprint density at radius 3 is 2.20 bits per heavy atom. The van der Waals surface area contributed by atoms with Gasteiger partial charge < -0.3 is 42.9 Å². The van der Waals surface area contributed by atoms with Crippen LogP contribution in [0.5, 0.6) is 5.75 Å². The smallest absolute Gasteiger partial charge is 0.397 e. The number of ether oxygens (including phenoxy) is 7. The van der Waals surface area contributed by atoms with Crippen LogP contribution in [0.25, 0.3) is 11.0 Å². The first kappa shape index (κ1) is 39.2. The Hall–Kier alpha value is -5.20. The Bertz CT molecular complexity index is 1690. The fourth-order valence-corrected chi connectivity index (χ4v) is 5.25. The Balaban J connectivity index is 2.29. The highest BCUT2D eigenvalue weighted by Gasteiger charge is 2.60. The molecule has 0 unspecified atom stereocenters. The van der Waals surface area contributed by atoms with E-state index in [1.54, 1.807) is 6.92 Å². The zero-order chi connectivity index (χ0) is 37.6. The number of aryl methyl sites for hydroxylation is 1. The molecule has 1 aromatic carbocycles. The first-order valence-corrected chi connectivity index (χ1v) is 14.7. The van der Waals surface area contributed by atoms with Gasteiger partial charge in [-0.15, -0.1) is 0 Å². The number of methoxy groups -OCH3 is 1. The highest BCUT2D eigenvalue weighted by molar-refractivity contribution is 5.82. The molecule has 274 valence electrons. The molecule has 2 heterocycles. The number of amides is 1. The number of esters is 5. The number of fused-ring (bicyclic) bond motifs is 1. The summed E-state index contributed by atoms with van der Waals surface area (Å²) in [5, 5.41) is 2.52. The van der Waals surface area contributed by atoms with E-state index in [-0.39, 0.29) is 11.3 Å². The number of hydrogen-bond donors (Lipinski definition) is 1. The van der Waals surface area contributed by atoms with E-state index in [0.717, 1.165) is 34.8 Å². The lowest BCUT2D eigenvalue weighted by molar-refractivity contribution is -0.289. The molecule has 1 saturated heterocycles. The van der Waals surface area contributed by atoms with E-state index in [1.807, 2.05) is 5.32 Å². The maximum atomic E-state index is 13.6. The predicted octanol–water partition coefficient (Wildman–Crippen LogP) is 1.93. The summed E-state index contributed by atoms with van der Waals surface area (Å²) < 4.78 is 83.0. The quantitative estimate of drug-likeness (QED) is 0.189. The van der Waals surface area contributed by atoms with Crippen LogP contribution in [0.2, 0.25) is 0 Å². The largest absolute Gasteiger partial charge is 0.464 e. The second-order valence-corrected chi connectivity index (χ2v) is 11.1. The molecule has 0 radical (unpaired) electrons. The second kappa shape index (κ2) is 16.0. The van der Waals surface area contributed by atoms with Crippen molar-refractivity contribution in [2.24, 2.45) is 0 Å². The minimum atomic E-state index is -5.01. The predicted molar refractivity (Wildman–Crippen MR) is 158 cm³/mol. The van der Waals surface area contributed by atoms with Gasteiger partial charge in [-0.25, -0.2) is 9.59 Å². The van der Waals surface area contributed by atoms with Gasteiger partial charge in [0.05, 0.1) is 19.6 Å². The van der Waals surface area contributed by atoms with Gasteiger partial charge in [0.25, 0.3) is 0 Å². The number of carbonyl (C=O) groups is 6. The molecule has 0 spiro atoms. The average molecular weight is 718 g/mol. The number of halogens is 3. The summed E-state index contributed by atoms with van der Waals surface area (Å²) >= 11 is 0. The SMILES string of the molecule is COC(=O)[C@@]1(Oc2ccc3c(C)cc(=O)oc3c2)C[C@H](OC(C)=O)[C@@H](NC(=O)CC(F)(F)F)[C@H]([C@@H](OC(C)=O)[C@@H](COC(C)=O)OC(C)=O)O1. The summed E-state index contributed by atoms with van der Waals surface area (Å²) in [7, 11) is 0.915. The van der Waals surface area contributed by atoms with Crippen LogP contribution >= 0.6 is 0 Å². The van der Waals surface area contributed by atoms with Crippen molar-refractivity contribution < 1.29 is 79.5 Å². The standard InChI is InChI=1S/C31H34F3NO15/c1-14-9-25(41)48-21-10-19(7-8-20(14)21)49-30(29(42)43-6)11-22(45-16(3)37)26(35-24(40)12-31(32,33)34)28(50-30)27(47-18(5)39)23(46-17(4)38)13-44-15(2)36/h7-10,22-23,26-28H,11-13H2,1-6H3,(H,35,40)/t22-,23+,26+,27-,28+,30+/m0/s1. The lowest BCUT2D eigenvalue weighted by Gasteiger charge is -2.48. The van der Waals surface area contributed by atoms with Crippen LogP contribution < -0.4 is 15.7 Å². The van der Waals surface area contributed by atoms with Gasteiger partial charge in [0.2, 0.25) is 5.91 Å². The molecule has 1 aromatic heterocycles. The number of carbonyl (C=O) groups excluding carboxylic acids is 6. The van der Waals surface area contributed by atoms with Gasteiger partial charge >= 0.3 is 47.4 Å². The Morgan fingerprint density at radius 1 is 0.980 bits per heavy atom. The number of benzene rings is 1. The summed E-state index contributed by atoms with van der Waals surface area (Å²) in [6.07, 6.45) is -15.6. The van der Waals surface area contributed by atoms with Crippen molar-refractivity contribution in [3.05, 3.63) is 40.2 Å². The lowest BCUT2D eigenvalue weighted by atomic mass is 9.87. The molecule has 19 heteroatoms. The molecule has 2 aromatic rings. The molecule has 1 aliphatic heterocycles. The summed E-state index contributed by atoms with van der Waals surface area (Å²) in [6, 6.07) is 3.36. The van der Waals surface area contributed by atoms with Crippen molar-refractivity contribution in [2.45, 2.75) is 89.9 Å². The van der Waals surface area contributed by atoms with E-state index in [2.05, 4.69) is 0 Å². The molecule has 1 amide bonds. The molecule has 50 heavy (non-hydrogen) atoms. The Morgan fingerprint density at radius 2 is 1.64 bits per heavy atom. The summed E-state index contributed by atoms with van der Waals surface area (Å²) in [5.74, 6) is -9.98. The maximum Gasteiger partial charge on any atom is 0.397 e. The van der Waals surface area contributed by atoms with Crippen LogP contribution in [0.3, 0.4) is 0 Å². The number of hydrogen-bond acceptors (Lipinski definition) is 15. The van der Waals surface area contributed by atoms with Gasteiger partial charge in [-0.05, 0) is 24.6 Å². The third-order valence-corrected chi connectivity index (χ3v) is 7.02. The second-order valence-electron chi connectivity index (χ2n) is 11.1. The van der Waals surface area contributed by atoms with Crippen molar-refractivity contribution in [1.29, 1.82) is 0 Å². The molecular weight excluding hydrogens is 683 g/mol. The molecule has 6 atom stereocenters. The topological polar surface area (TPSA) is 209 Å². The van der Waals surface area contributed by atoms with E-state index in [0.29, 0.717) is 10.9 Å². The van der Waals surface area contributed by atoms with Gasteiger partial charge in [-0.3, -0.25) is 24.0 Å². The zero-order valence-corrected chi connectivity index (χ0v) is 27.6. The van der Waals surface area contributed by atoms with Crippen LogP contribution in [-0.4, -0.2) is 91.9 Å². The fourth-order valence-electron chi connectivity index (χ4n) is 5.25. The third-order valence-electron chi connectivity index (χ3n) is 7.02. The minimum absolute atomic E-state index is 0.00259. The van der Waals surface area contributed by atoms with E-state index in [9.17, 15) is 46.7 Å². The first-order chi connectivity index (χ1) is 23.2. The Kier molecular flexibility index (Phi) is 12.6. The van der Waals surface area contributed by atoms with Crippen LogP contribution in [0.15, 0.2) is 33.5 Å². The first-order valence-electron chi connectivity index (χ1n) is 14.7. The molecule has 1 aliphatic rings. The average Bonchev–Trinajstić information content (AvgIpc) is 2.97. The summed E-state index contributed by atoms with van der Waals surface area (Å²) in [5.41, 5.74) is -0.187. The van der Waals surface area contributed by atoms with Crippen molar-refractivity contribution in [3.8, 4) is 5.75 Å². The van der Waals surface area contributed by atoms with Crippen LogP contribution in [0.4, 0.5) is 13.2 Å². The van der Waals surface area contributed by atoms with Gasteiger partial charge in [-0.2, -0.15) is 13.2 Å². The normalized spacial score (nSPS) is 21.6. The van der Waals surface area contributed by atoms with Crippen molar-refractivity contribution in [1.82, 2.24) is 5.32 Å². The molecule has 0 aliphatic carbocycles. The number of rotatable bonds is 12. The highest BCUT2D eigenvalue weighted by Crippen LogP contribution is 2.39. The van der Waals surface area contributed by atoms with Gasteiger partial charge in [0.15, 0.2) is 12.2 Å². The van der Waals surface area contributed by atoms with Crippen LogP contribution in [0.1, 0.15) is 46.1 Å². The zero-order valence-electron chi connectivity index (χ0n) is 27.6. The molecule has 3 rings (SSSR count). The van der Waals surface area contributed by atoms with Crippen molar-refractivity contribution in [3.63, 3.8) is 0 Å². The summed E-state index contributed by atoms with van der Waals surface area (Å²) in [6.45, 7) is 4.53. The third kappa shape index (κ3) is 10.4. The van der Waals surface area contributed by atoms with E-state index in [1.165, 1.54) is 24.3 Å². The van der Waals surface area contributed by atoms with Crippen LogP contribution in [0, 0.1) is 6.92 Å². The van der Waals surface area contributed by atoms with E-state index < -0.39 is 103 Å². The molecule has 1 N–H and O–H groups in total. The fraction of sp³-hybridized carbons (Fsp3) is 0.516. The highest BCUT2D eigenvalue weighted by atomic mass is 19.4. The molecular formula is C31H34F3NO15. The molecule has 0 bridgehead atoms. The molecule has 16 nitrogen and oxygen atoms in total. The van der Waals surface area contributed by atoms with Gasteiger partial charge in [0, 0.05) is 45.2 Å². The molecule has 1 fully saturated rings. The van der Waals surface area contributed by atoms with Crippen molar-refractivity contribution >= 4 is 46.7 Å². The molecule has 0 saturated carbocycles.